The van der Waals surface area contributed by atoms with E-state index >= 15 is 0 Å². The van der Waals surface area contributed by atoms with E-state index in [1.54, 1.807) is 0 Å². The standard InChI is InChI=1S/C7H14N2/c8-9-7-5-3-1-2-4-6-7/h1-2,7,9H,3-6,8H2. The predicted molar refractivity (Wildman–Crippen MR) is 38.7 cm³/mol. The summed E-state index contributed by atoms with van der Waals surface area (Å²) in [5.74, 6) is 5.29. The molecule has 2 nitrogen and oxygen atoms in total. The van der Waals surface area contributed by atoms with Crippen molar-refractivity contribution in [3.63, 3.8) is 0 Å². The molecule has 9 heavy (non-hydrogen) atoms. The van der Waals surface area contributed by atoms with Crippen molar-refractivity contribution in [2.24, 2.45) is 5.84 Å². The van der Waals surface area contributed by atoms with E-state index < -0.39 is 0 Å². The summed E-state index contributed by atoms with van der Waals surface area (Å²) >= 11 is 0. The minimum atomic E-state index is 0.542. The molecule has 52 valence electrons. The van der Waals surface area contributed by atoms with Crippen LogP contribution in [-0.2, 0) is 0 Å². The smallest absolute Gasteiger partial charge is 0.0216 e. The van der Waals surface area contributed by atoms with E-state index in [0.29, 0.717) is 6.04 Å². The van der Waals surface area contributed by atoms with E-state index in [4.69, 9.17) is 5.84 Å². The molecule has 0 unspecified atom stereocenters. The summed E-state index contributed by atoms with van der Waals surface area (Å²) in [4.78, 5) is 0. The fourth-order valence-electron chi connectivity index (χ4n) is 1.14. The molecule has 0 saturated heterocycles. The Morgan fingerprint density at radius 3 is 2.22 bits per heavy atom. The molecule has 0 radical (unpaired) electrons. The molecular weight excluding hydrogens is 112 g/mol. The highest BCUT2D eigenvalue weighted by Crippen LogP contribution is 2.09. The Morgan fingerprint density at radius 2 is 1.78 bits per heavy atom. The van der Waals surface area contributed by atoms with Gasteiger partial charge in [-0.15, -0.1) is 0 Å². The highest BCUT2D eigenvalue weighted by Gasteiger charge is 2.05. The van der Waals surface area contributed by atoms with E-state index in [1.807, 2.05) is 0 Å². The number of hydrogen-bond donors (Lipinski definition) is 2. The van der Waals surface area contributed by atoms with Crippen LogP contribution in [0.4, 0.5) is 0 Å². The molecule has 0 aliphatic heterocycles. The molecule has 2 heteroatoms. The predicted octanol–water partition coefficient (Wildman–Crippen LogP) is 0.948. The average Bonchev–Trinajstić information content (AvgIpc) is 2.13. The lowest BCUT2D eigenvalue weighted by Gasteiger charge is -2.10. The van der Waals surface area contributed by atoms with Gasteiger partial charge in [0, 0.05) is 6.04 Å². The maximum absolute atomic E-state index is 5.29. The summed E-state index contributed by atoms with van der Waals surface area (Å²) in [5, 5.41) is 0. The van der Waals surface area contributed by atoms with Crippen LogP contribution in [0.2, 0.25) is 0 Å². The monoisotopic (exact) mass is 126 g/mol. The van der Waals surface area contributed by atoms with E-state index in [-0.39, 0.29) is 0 Å². The lowest BCUT2D eigenvalue weighted by Crippen LogP contribution is -2.34. The Morgan fingerprint density at radius 1 is 1.22 bits per heavy atom. The maximum atomic E-state index is 5.29. The number of nitrogens with one attached hydrogen (secondary N) is 1. The van der Waals surface area contributed by atoms with Gasteiger partial charge in [-0.25, -0.2) is 0 Å². The number of nitrogens with two attached hydrogens (primary N) is 1. The zero-order valence-corrected chi connectivity index (χ0v) is 5.64. The van der Waals surface area contributed by atoms with Gasteiger partial charge in [0.15, 0.2) is 0 Å². The van der Waals surface area contributed by atoms with Crippen molar-refractivity contribution in [3.8, 4) is 0 Å². The van der Waals surface area contributed by atoms with Gasteiger partial charge in [-0.2, -0.15) is 0 Å². The third-order valence-corrected chi connectivity index (χ3v) is 1.77. The average molecular weight is 126 g/mol. The Hall–Kier alpha value is -0.340. The Bertz CT molecular complexity index is 89.1. The fraction of sp³-hybridized carbons (Fsp3) is 0.714. The maximum Gasteiger partial charge on any atom is 0.0216 e. The molecule has 0 heterocycles. The molecule has 0 aromatic heterocycles. The molecule has 1 aliphatic carbocycles. The minimum Gasteiger partial charge on any atom is -0.271 e. The van der Waals surface area contributed by atoms with Crippen LogP contribution in [0.15, 0.2) is 12.2 Å². The SMILES string of the molecule is NNC1CCC=CCC1. The van der Waals surface area contributed by atoms with Crippen LogP contribution >= 0.6 is 0 Å². The van der Waals surface area contributed by atoms with Gasteiger partial charge < -0.3 is 0 Å². The van der Waals surface area contributed by atoms with Crippen LogP contribution in [0.1, 0.15) is 25.7 Å². The van der Waals surface area contributed by atoms with Crippen LogP contribution in [0.5, 0.6) is 0 Å². The van der Waals surface area contributed by atoms with Gasteiger partial charge in [-0.3, -0.25) is 11.3 Å². The summed E-state index contributed by atoms with van der Waals surface area (Å²) in [6, 6.07) is 0.542. The fourth-order valence-corrected chi connectivity index (χ4v) is 1.14. The van der Waals surface area contributed by atoms with Crippen LogP contribution in [0, 0.1) is 0 Å². The zero-order valence-electron chi connectivity index (χ0n) is 5.64. The van der Waals surface area contributed by atoms with Gasteiger partial charge in [0.05, 0.1) is 0 Å². The van der Waals surface area contributed by atoms with Crippen molar-refractivity contribution in [2.75, 3.05) is 0 Å². The second kappa shape index (κ2) is 3.64. The summed E-state index contributed by atoms with van der Waals surface area (Å²) in [6.07, 6.45) is 9.19. The highest BCUT2D eigenvalue weighted by atomic mass is 15.2. The summed E-state index contributed by atoms with van der Waals surface area (Å²) in [6.45, 7) is 0. The third kappa shape index (κ3) is 2.16. The van der Waals surface area contributed by atoms with E-state index in [2.05, 4.69) is 17.6 Å². The molecule has 0 aromatic rings. The quantitative estimate of drug-likeness (QED) is 0.312. The Kier molecular flexibility index (Phi) is 2.74. The van der Waals surface area contributed by atoms with Crippen molar-refractivity contribution in [1.29, 1.82) is 0 Å². The van der Waals surface area contributed by atoms with Crippen molar-refractivity contribution < 1.29 is 0 Å². The largest absolute Gasteiger partial charge is 0.271 e. The topological polar surface area (TPSA) is 38.0 Å². The first-order valence-corrected chi connectivity index (χ1v) is 3.54. The van der Waals surface area contributed by atoms with Crippen LogP contribution in [0.25, 0.3) is 0 Å². The minimum absolute atomic E-state index is 0.542. The van der Waals surface area contributed by atoms with Crippen molar-refractivity contribution >= 4 is 0 Å². The molecular formula is C7H14N2. The molecule has 0 saturated carbocycles. The molecule has 0 aromatic carbocycles. The number of hydrogen-bond acceptors (Lipinski definition) is 2. The van der Waals surface area contributed by atoms with E-state index in [1.165, 1.54) is 25.7 Å². The van der Waals surface area contributed by atoms with Crippen LogP contribution in [0.3, 0.4) is 0 Å². The van der Waals surface area contributed by atoms with Crippen LogP contribution < -0.4 is 11.3 Å². The molecule has 1 rings (SSSR count). The number of rotatable bonds is 1. The van der Waals surface area contributed by atoms with Gasteiger partial charge in [-0.1, -0.05) is 12.2 Å². The number of allylic oxidation sites excluding steroid dienone is 2. The highest BCUT2D eigenvalue weighted by molar-refractivity contribution is 4.88. The van der Waals surface area contributed by atoms with Gasteiger partial charge in [0.25, 0.3) is 0 Å². The third-order valence-electron chi connectivity index (χ3n) is 1.77. The molecule has 0 atom stereocenters. The van der Waals surface area contributed by atoms with E-state index in [9.17, 15) is 0 Å². The Balaban J connectivity index is 2.26. The van der Waals surface area contributed by atoms with Crippen molar-refractivity contribution in [2.45, 2.75) is 31.7 Å². The summed E-state index contributed by atoms with van der Waals surface area (Å²) in [7, 11) is 0. The molecule has 1 aliphatic rings. The van der Waals surface area contributed by atoms with Gasteiger partial charge in [0.1, 0.15) is 0 Å². The first kappa shape index (κ1) is 6.78. The van der Waals surface area contributed by atoms with E-state index in [0.717, 1.165) is 0 Å². The molecule has 0 bridgehead atoms. The Labute approximate surface area is 56.1 Å². The van der Waals surface area contributed by atoms with Crippen LogP contribution in [-0.4, -0.2) is 6.04 Å². The lowest BCUT2D eigenvalue weighted by molar-refractivity contribution is 0.478. The summed E-state index contributed by atoms with van der Waals surface area (Å²) in [5.41, 5.74) is 2.80. The number of hydrazine groups is 1. The van der Waals surface area contributed by atoms with Gasteiger partial charge in [0.2, 0.25) is 0 Å². The normalized spacial score (nSPS) is 21.9. The molecule has 0 amide bonds. The second-order valence-corrected chi connectivity index (χ2v) is 2.49. The molecule has 0 spiro atoms. The van der Waals surface area contributed by atoms with Gasteiger partial charge in [-0.05, 0) is 25.7 Å². The van der Waals surface area contributed by atoms with Crippen molar-refractivity contribution in [3.05, 3.63) is 12.2 Å². The first-order valence-electron chi connectivity index (χ1n) is 3.54. The first-order chi connectivity index (χ1) is 4.43. The second-order valence-electron chi connectivity index (χ2n) is 2.49. The zero-order chi connectivity index (χ0) is 6.53. The lowest BCUT2D eigenvalue weighted by atomic mass is 10.1. The molecule has 0 fully saturated rings. The molecule has 3 N–H and O–H groups in total. The summed E-state index contributed by atoms with van der Waals surface area (Å²) < 4.78 is 0. The van der Waals surface area contributed by atoms with Gasteiger partial charge >= 0.3 is 0 Å². The van der Waals surface area contributed by atoms with Crippen molar-refractivity contribution in [1.82, 2.24) is 5.43 Å².